The van der Waals surface area contributed by atoms with Gasteiger partial charge in [-0.1, -0.05) is 27.7 Å². The Balaban J connectivity index is 0.000000330. The normalized spacial score (nSPS) is 31.8. The van der Waals surface area contributed by atoms with Crippen LogP contribution in [-0.4, -0.2) is 50.7 Å². The van der Waals surface area contributed by atoms with Crippen molar-refractivity contribution in [2.24, 2.45) is 17.8 Å². The average molecular weight is 241 g/mol. The van der Waals surface area contributed by atoms with Crippen LogP contribution in [0.3, 0.4) is 0 Å². The molecule has 3 saturated heterocycles. The summed E-state index contributed by atoms with van der Waals surface area (Å²) < 4.78 is 0. The quantitative estimate of drug-likeness (QED) is 0.765. The Morgan fingerprint density at radius 1 is 0.824 bits per heavy atom. The number of nitrogens with zero attached hydrogens (tertiary/aromatic N) is 1. The van der Waals surface area contributed by atoms with Crippen LogP contribution in [-0.2, 0) is 0 Å². The van der Waals surface area contributed by atoms with Crippen molar-refractivity contribution in [3.05, 3.63) is 0 Å². The Morgan fingerprint density at radius 2 is 1.29 bits per heavy atom. The molecule has 0 bridgehead atoms. The zero-order valence-electron chi connectivity index (χ0n) is 12.1. The maximum absolute atomic E-state index is 3.49. The Bertz CT molecular complexity index is 177. The lowest BCUT2D eigenvalue weighted by molar-refractivity contribution is 0.214. The summed E-state index contributed by atoms with van der Waals surface area (Å²) in [6.45, 7) is 17.1. The number of hydrogen-bond donors (Lipinski definition) is 2. The smallest absolute Gasteiger partial charge is 0.00342 e. The van der Waals surface area contributed by atoms with Crippen molar-refractivity contribution in [1.29, 1.82) is 0 Å². The van der Waals surface area contributed by atoms with Crippen LogP contribution in [0.1, 0.15) is 27.7 Å². The highest BCUT2D eigenvalue weighted by molar-refractivity contribution is 4.92. The van der Waals surface area contributed by atoms with E-state index in [0.29, 0.717) is 0 Å². The van der Waals surface area contributed by atoms with Crippen LogP contribution in [0, 0.1) is 17.8 Å². The Hall–Kier alpha value is -0.120. The van der Waals surface area contributed by atoms with E-state index in [1.807, 2.05) is 27.7 Å². The predicted molar refractivity (Wildman–Crippen MR) is 75.3 cm³/mol. The van der Waals surface area contributed by atoms with Gasteiger partial charge in [0.05, 0.1) is 0 Å². The molecule has 3 heteroatoms. The average Bonchev–Trinajstić information content (AvgIpc) is 2.89. The van der Waals surface area contributed by atoms with E-state index in [2.05, 4.69) is 15.5 Å². The van der Waals surface area contributed by atoms with Crippen molar-refractivity contribution in [2.45, 2.75) is 27.7 Å². The molecule has 2 unspecified atom stereocenters. The van der Waals surface area contributed by atoms with Gasteiger partial charge in [0.2, 0.25) is 0 Å². The van der Waals surface area contributed by atoms with Gasteiger partial charge in [0.25, 0.3) is 0 Å². The molecule has 17 heavy (non-hydrogen) atoms. The SMILES string of the molecule is C1NCC1CN1CC2CNCC2C1.CC.CC. The zero-order chi connectivity index (χ0) is 12.7. The summed E-state index contributed by atoms with van der Waals surface area (Å²) in [4.78, 5) is 2.68. The monoisotopic (exact) mass is 241 g/mol. The van der Waals surface area contributed by atoms with Gasteiger partial charge in [-0.25, -0.2) is 0 Å². The maximum atomic E-state index is 3.49. The van der Waals surface area contributed by atoms with Gasteiger partial charge in [0.1, 0.15) is 0 Å². The van der Waals surface area contributed by atoms with Crippen molar-refractivity contribution >= 4 is 0 Å². The topological polar surface area (TPSA) is 27.3 Å². The fourth-order valence-electron chi connectivity index (χ4n) is 2.94. The molecule has 0 aromatic heterocycles. The van der Waals surface area contributed by atoms with Crippen LogP contribution in [0.2, 0.25) is 0 Å². The van der Waals surface area contributed by atoms with Crippen molar-refractivity contribution in [3.8, 4) is 0 Å². The molecule has 0 aromatic carbocycles. The molecule has 3 aliphatic heterocycles. The van der Waals surface area contributed by atoms with Gasteiger partial charge >= 0.3 is 0 Å². The number of likely N-dealkylation sites (tertiary alicyclic amines) is 1. The Kier molecular flexibility index (Phi) is 7.09. The lowest BCUT2D eigenvalue weighted by atomic mass is 10.0. The summed E-state index contributed by atoms with van der Waals surface area (Å²) in [6.07, 6.45) is 0. The summed E-state index contributed by atoms with van der Waals surface area (Å²) >= 11 is 0. The first-order valence-corrected chi connectivity index (χ1v) is 7.55. The van der Waals surface area contributed by atoms with Crippen LogP contribution in [0.4, 0.5) is 0 Å². The second kappa shape index (κ2) is 8.06. The third kappa shape index (κ3) is 3.94. The van der Waals surface area contributed by atoms with Gasteiger partial charge in [-0.05, 0) is 30.8 Å². The van der Waals surface area contributed by atoms with Gasteiger partial charge in [0, 0.05) is 32.7 Å². The lowest BCUT2D eigenvalue weighted by Gasteiger charge is -2.31. The molecule has 2 atom stereocenters. The minimum absolute atomic E-state index is 0.951. The number of rotatable bonds is 2. The predicted octanol–water partition coefficient (Wildman–Crippen LogP) is 1.41. The van der Waals surface area contributed by atoms with E-state index in [9.17, 15) is 0 Å². The zero-order valence-corrected chi connectivity index (χ0v) is 12.1. The molecule has 0 amide bonds. The third-order valence-corrected chi connectivity index (χ3v) is 3.85. The van der Waals surface area contributed by atoms with E-state index in [-0.39, 0.29) is 0 Å². The van der Waals surface area contributed by atoms with Gasteiger partial charge in [-0.3, -0.25) is 0 Å². The van der Waals surface area contributed by atoms with E-state index < -0.39 is 0 Å². The molecule has 102 valence electrons. The van der Waals surface area contributed by atoms with Gasteiger partial charge in [-0.2, -0.15) is 0 Å². The van der Waals surface area contributed by atoms with Gasteiger partial charge in [0.15, 0.2) is 0 Å². The van der Waals surface area contributed by atoms with E-state index in [1.165, 1.54) is 45.8 Å². The molecule has 2 N–H and O–H groups in total. The first kappa shape index (κ1) is 14.9. The molecule has 3 fully saturated rings. The summed E-state index contributed by atoms with van der Waals surface area (Å²) in [5, 5.41) is 6.83. The molecule has 3 nitrogen and oxygen atoms in total. The maximum Gasteiger partial charge on any atom is 0.00342 e. The number of hydrogen-bond acceptors (Lipinski definition) is 3. The molecule has 3 aliphatic rings. The summed E-state index contributed by atoms with van der Waals surface area (Å²) in [6, 6.07) is 0. The highest BCUT2D eigenvalue weighted by atomic mass is 15.2. The summed E-state index contributed by atoms with van der Waals surface area (Å²) in [5.41, 5.74) is 0. The van der Waals surface area contributed by atoms with Gasteiger partial charge < -0.3 is 15.5 Å². The van der Waals surface area contributed by atoms with Crippen LogP contribution in [0.15, 0.2) is 0 Å². The Labute approximate surface area is 107 Å². The van der Waals surface area contributed by atoms with Crippen LogP contribution >= 0.6 is 0 Å². The first-order chi connectivity index (χ1) is 8.42. The van der Waals surface area contributed by atoms with Crippen LogP contribution < -0.4 is 10.6 Å². The molecular formula is C14H31N3. The van der Waals surface area contributed by atoms with E-state index >= 15 is 0 Å². The van der Waals surface area contributed by atoms with E-state index in [4.69, 9.17) is 0 Å². The van der Waals surface area contributed by atoms with Crippen molar-refractivity contribution in [3.63, 3.8) is 0 Å². The summed E-state index contributed by atoms with van der Waals surface area (Å²) in [5.74, 6) is 2.88. The fraction of sp³-hybridized carbons (Fsp3) is 1.00. The van der Waals surface area contributed by atoms with Crippen molar-refractivity contribution in [2.75, 3.05) is 45.8 Å². The van der Waals surface area contributed by atoms with Crippen molar-refractivity contribution < 1.29 is 0 Å². The van der Waals surface area contributed by atoms with Crippen molar-refractivity contribution in [1.82, 2.24) is 15.5 Å². The van der Waals surface area contributed by atoms with E-state index in [1.54, 1.807) is 0 Å². The van der Waals surface area contributed by atoms with Crippen LogP contribution in [0.5, 0.6) is 0 Å². The number of fused-ring (bicyclic) bond motifs is 1. The Morgan fingerprint density at radius 3 is 1.71 bits per heavy atom. The fourth-order valence-corrected chi connectivity index (χ4v) is 2.94. The molecular weight excluding hydrogens is 210 g/mol. The second-order valence-electron chi connectivity index (χ2n) is 4.92. The highest BCUT2D eigenvalue weighted by Crippen LogP contribution is 2.26. The van der Waals surface area contributed by atoms with Crippen LogP contribution in [0.25, 0.3) is 0 Å². The molecule has 0 radical (unpaired) electrons. The largest absolute Gasteiger partial charge is 0.316 e. The minimum Gasteiger partial charge on any atom is -0.316 e. The molecule has 3 heterocycles. The minimum atomic E-state index is 0.951. The lowest BCUT2D eigenvalue weighted by Crippen LogP contribution is -2.48. The summed E-state index contributed by atoms with van der Waals surface area (Å²) in [7, 11) is 0. The first-order valence-electron chi connectivity index (χ1n) is 7.55. The molecule has 0 aromatic rings. The third-order valence-electron chi connectivity index (χ3n) is 3.85. The molecule has 0 spiro atoms. The standard InChI is InChI=1S/C10H19N3.2C2H6/c1-8(2-11-1)5-13-6-9-3-12-4-10(9)7-13;2*1-2/h8-12H,1-7H2;2*1-2H3. The highest BCUT2D eigenvalue weighted by Gasteiger charge is 2.36. The molecule has 3 rings (SSSR count). The molecule has 0 aliphatic carbocycles. The van der Waals surface area contributed by atoms with Gasteiger partial charge in [-0.15, -0.1) is 0 Å². The molecule has 0 saturated carbocycles. The van der Waals surface area contributed by atoms with E-state index in [0.717, 1.165) is 17.8 Å². The number of nitrogens with one attached hydrogen (secondary N) is 2. The second-order valence-corrected chi connectivity index (χ2v) is 4.92.